The summed E-state index contributed by atoms with van der Waals surface area (Å²) in [5.74, 6) is 1.41. The molecule has 4 heteroatoms. The third kappa shape index (κ3) is 2.70. The van der Waals surface area contributed by atoms with Crippen molar-refractivity contribution >= 4 is 11.6 Å². The summed E-state index contributed by atoms with van der Waals surface area (Å²) in [6.45, 7) is 3.54. The summed E-state index contributed by atoms with van der Waals surface area (Å²) < 4.78 is 5.16. The Bertz CT molecular complexity index is 431. The number of hydrogen-bond donors (Lipinski definition) is 1. The van der Waals surface area contributed by atoms with Crippen LogP contribution in [0, 0.1) is 5.92 Å². The second-order valence-electron chi connectivity index (χ2n) is 4.70. The largest absolute Gasteiger partial charge is 0.497 e. The van der Waals surface area contributed by atoms with E-state index in [1.807, 2.05) is 17.0 Å². The molecular formula is C13H18N2O2. The standard InChI is InChI=1S/C13H18N2O2/c1-9-3-13(16)15(7-9)8-10-4-11(14)6-12(5-10)17-2/h4-6,9H,3,7-8,14H2,1-2H3. The summed E-state index contributed by atoms with van der Waals surface area (Å²) in [4.78, 5) is 13.6. The molecule has 0 aliphatic carbocycles. The molecule has 2 N–H and O–H groups in total. The third-order valence-electron chi connectivity index (χ3n) is 3.01. The summed E-state index contributed by atoms with van der Waals surface area (Å²) in [6.07, 6.45) is 0.652. The van der Waals surface area contributed by atoms with E-state index in [0.717, 1.165) is 17.9 Å². The molecule has 1 aromatic carbocycles. The Morgan fingerprint density at radius 3 is 2.82 bits per heavy atom. The fourth-order valence-corrected chi connectivity index (χ4v) is 2.24. The third-order valence-corrected chi connectivity index (χ3v) is 3.01. The lowest BCUT2D eigenvalue weighted by Gasteiger charge is -2.17. The lowest BCUT2D eigenvalue weighted by Crippen LogP contribution is -2.24. The monoisotopic (exact) mass is 234 g/mol. The topological polar surface area (TPSA) is 55.6 Å². The number of anilines is 1. The van der Waals surface area contributed by atoms with Crippen LogP contribution in [0.2, 0.25) is 0 Å². The summed E-state index contributed by atoms with van der Waals surface area (Å²) in [5, 5.41) is 0. The van der Waals surface area contributed by atoms with Crippen molar-refractivity contribution in [3.8, 4) is 5.75 Å². The van der Waals surface area contributed by atoms with Gasteiger partial charge in [-0.1, -0.05) is 6.92 Å². The normalized spacial score (nSPS) is 19.8. The maximum absolute atomic E-state index is 11.7. The number of rotatable bonds is 3. The van der Waals surface area contributed by atoms with Gasteiger partial charge in [-0.2, -0.15) is 0 Å². The average molecular weight is 234 g/mol. The molecule has 1 aliphatic rings. The van der Waals surface area contributed by atoms with Crippen LogP contribution in [-0.4, -0.2) is 24.5 Å². The number of methoxy groups -OCH3 is 1. The Kier molecular flexibility index (Phi) is 3.22. The number of likely N-dealkylation sites (tertiary alicyclic amines) is 1. The van der Waals surface area contributed by atoms with Crippen molar-refractivity contribution < 1.29 is 9.53 Å². The number of hydrogen-bond acceptors (Lipinski definition) is 3. The lowest BCUT2D eigenvalue weighted by molar-refractivity contribution is -0.128. The van der Waals surface area contributed by atoms with E-state index in [1.165, 1.54) is 0 Å². The van der Waals surface area contributed by atoms with Crippen LogP contribution in [0.25, 0.3) is 0 Å². The van der Waals surface area contributed by atoms with Gasteiger partial charge >= 0.3 is 0 Å². The molecule has 1 atom stereocenters. The fourth-order valence-electron chi connectivity index (χ4n) is 2.24. The van der Waals surface area contributed by atoms with Crippen LogP contribution in [0.4, 0.5) is 5.69 Å². The zero-order valence-corrected chi connectivity index (χ0v) is 10.3. The minimum absolute atomic E-state index is 0.221. The molecule has 0 radical (unpaired) electrons. The van der Waals surface area contributed by atoms with E-state index in [9.17, 15) is 4.79 Å². The van der Waals surface area contributed by atoms with E-state index in [1.54, 1.807) is 13.2 Å². The van der Waals surface area contributed by atoms with E-state index in [2.05, 4.69) is 6.92 Å². The van der Waals surface area contributed by atoms with Gasteiger partial charge in [-0.15, -0.1) is 0 Å². The highest BCUT2D eigenvalue weighted by molar-refractivity contribution is 5.78. The quantitative estimate of drug-likeness (QED) is 0.809. The Balaban J connectivity index is 2.13. The number of amides is 1. The van der Waals surface area contributed by atoms with Crippen molar-refractivity contribution in [2.24, 2.45) is 5.92 Å². The van der Waals surface area contributed by atoms with E-state index < -0.39 is 0 Å². The molecule has 0 aromatic heterocycles. The zero-order chi connectivity index (χ0) is 12.4. The Morgan fingerprint density at radius 1 is 1.47 bits per heavy atom. The summed E-state index contributed by atoms with van der Waals surface area (Å²) in [7, 11) is 1.61. The first-order valence-corrected chi connectivity index (χ1v) is 5.79. The molecule has 2 rings (SSSR count). The van der Waals surface area contributed by atoms with E-state index in [4.69, 9.17) is 10.5 Å². The molecule has 0 saturated carbocycles. The van der Waals surface area contributed by atoms with Crippen molar-refractivity contribution in [3.05, 3.63) is 23.8 Å². The maximum Gasteiger partial charge on any atom is 0.223 e. The first-order chi connectivity index (χ1) is 8.08. The number of carbonyl (C=O) groups excluding carboxylic acids is 1. The van der Waals surface area contributed by atoms with Crippen LogP contribution in [-0.2, 0) is 11.3 Å². The molecule has 1 unspecified atom stereocenters. The number of benzene rings is 1. The van der Waals surface area contributed by atoms with Gasteiger partial charge in [0.1, 0.15) is 5.75 Å². The van der Waals surface area contributed by atoms with Crippen molar-refractivity contribution in [2.75, 3.05) is 19.4 Å². The van der Waals surface area contributed by atoms with Crippen molar-refractivity contribution in [1.82, 2.24) is 4.90 Å². The Hall–Kier alpha value is -1.71. The van der Waals surface area contributed by atoms with Crippen LogP contribution in [0.5, 0.6) is 5.75 Å². The molecule has 1 heterocycles. The Morgan fingerprint density at radius 2 is 2.24 bits per heavy atom. The molecule has 17 heavy (non-hydrogen) atoms. The second-order valence-corrected chi connectivity index (χ2v) is 4.70. The molecule has 0 bridgehead atoms. The van der Waals surface area contributed by atoms with Gasteiger partial charge in [0.05, 0.1) is 7.11 Å². The predicted molar refractivity (Wildman–Crippen MR) is 66.6 cm³/mol. The average Bonchev–Trinajstić information content (AvgIpc) is 2.56. The van der Waals surface area contributed by atoms with E-state index in [-0.39, 0.29) is 5.91 Å². The van der Waals surface area contributed by atoms with Crippen LogP contribution < -0.4 is 10.5 Å². The van der Waals surface area contributed by atoms with Crippen molar-refractivity contribution in [2.45, 2.75) is 19.9 Å². The van der Waals surface area contributed by atoms with Gasteiger partial charge in [0.15, 0.2) is 0 Å². The molecular weight excluding hydrogens is 216 g/mol. The number of ether oxygens (including phenoxy) is 1. The van der Waals surface area contributed by atoms with Gasteiger partial charge in [-0.05, 0) is 23.6 Å². The fraction of sp³-hybridized carbons (Fsp3) is 0.462. The van der Waals surface area contributed by atoms with Crippen molar-refractivity contribution in [3.63, 3.8) is 0 Å². The minimum Gasteiger partial charge on any atom is -0.497 e. The number of nitrogens with zero attached hydrogens (tertiary/aromatic N) is 1. The molecule has 0 spiro atoms. The highest BCUT2D eigenvalue weighted by Gasteiger charge is 2.26. The molecule has 1 aliphatic heterocycles. The first-order valence-electron chi connectivity index (χ1n) is 5.79. The summed E-state index contributed by atoms with van der Waals surface area (Å²) in [6, 6.07) is 5.59. The molecule has 1 aromatic rings. The summed E-state index contributed by atoms with van der Waals surface area (Å²) >= 11 is 0. The van der Waals surface area contributed by atoms with Gasteiger partial charge in [0, 0.05) is 31.3 Å². The van der Waals surface area contributed by atoms with Gasteiger partial charge in [0.25, 0.3) is 0 Å². The SMILES string of the molecule is COc1cc(N)cc(CN2CC(C)CC2=O)c1. The lowest BCUT2D eigenvalue weighted by atomic mass is 10.1. The van der Waals surface area contributed by atoms with Crippen LogP contribution >= 0.6 is 0 Å². The van der Waals surface area contributed by atoms with Crippen LogP contribution in [0.1, 0.15) is 18.9 Å². The predicted octanol–water partition coefficient (Wildman–Crippen LogP) is 1.65. The van der Waals surface area contributed by atoms with Crippen LogP contribution in [0.3, 0.4) is 0 Å². The number of carbonyl (C=O) groups is 1. The Labute approximate surface area is 101 Å². The molecule has 4 nitrogen and oxygen atoms in total. The highest BCUT2D eigenvalue weighted by Crippen LogP contribution is 2.23. The highest BCUT2D eigenvalue weighted by atomic mass is 16.5. The number of nitrogens with two attached hydrogens (primary N) is 1. The van der Waals surface area contributed by atoms with E-state index in [0.29, 0.717) is 24.6 Å². The number of nitrogen functional groups attached to an aromatic ring is 1. The molecule has 1 fully saturated rings. The maximum atomic E-state index is 11.7. The zero-order valence-electron chi connectivity index (χ0n) is 10.3. The van der Waals surface area contributed by atoms with Gasteiger partial charge in [-0.3, -0.25) is 4.79 Å². The smallest absolute Gasteiger partial charge is 0.223 e. The van der Waals surface area contributed by atoms with Crippen LogP contribution in [0.15, 0.2) is 18.2 Å². The van der Waals surface area contributed by atoms with Gasteiger partial charge < -0.3 is 15.4 Å². The van der Waals surface area contributed by atoms with Gasteiger partial charge in [0.2, 0.25) is 5.91 Å². The summed E-state index contributed by atoms with van der Waals surface area (Å²) in [5.41, 5.74) is 7.47. The minimum atomic E-state index is 0.221. The van der Waals surface area contributed by atoms with E-state index >= 15 is 0 Å². The van der Waals surface area contributed by atoms with Gasteiger partial charge in [-0.25, -0.2) is 0 Å². The molecule has 1 saturated heterocycles. The second kappa shape index (κ2) is 4.65. The molecule has 92 valence electrons. The first kappa shape index (κ1) is 11.8. The van der Waals surface area contributed by atoms with Crippen molar-refractivity contribution in [1.29, 1.82) is 0 Å². The molecule has 1 amide bonds.